The van der Waals surface area contributed by atoms with Crippen LogP contribution in [-0.4, -0.2) is 12.7 Å². The van der Waals surface area contributed by atoms with E-state index in [1.165, 1.54) is 25.7 Å². The SMILES string of the molecule is C=C[C@H]1C=CC[C@]1(/C=C/CCCCCC)OC. The smallest absolute Gasteiger partial charge is 0.0989 e. The normalized spacial score (nSPS) is 28.0. The molecule has 1 rings (SSSR count). The van der Waals surface area contributed by atoms with Crippen LogP contribution in [0.25, 0.3) is 0 Å². The molecule has 0 spiro atoms. The van der Waals surface area contributed by atoms with E-state index in [0.717, 1.165) is 12.8 Å². The number of ether oxygens (including phenoxy) is 1. The first-order valence-corrected chi connectivity index (χ1v) is 6.81. The van der Waals surface area contributed by atoms with Crippen LogP contribution in [0.5, 0.6) is 0 Å². The highest BCUT2D eigenvalue weighted by atomic mass is 16.5. The Kier molecular flexibility index (Phi) is 6.28. The van der Waals surface area contributed by atoms with E-state index in [2.05, 4.69) is 37.8 Å². The number of hydrogen-bond acceptors (Lipinski definition) is 1. The predicted octanol–water partition coefficient (Wildman–Crippen LogP) is 4.66. The molecule has 0 aromatic carbocycles. The van der Waals surface area contributed by atoms with Crippen molar-refractivity contribution in [2.75, 3.05) is 7.11 Å². The van der Waals surface area contributed by atoms with Gasteiger partial charge >= 0.3 is 0 Å². The second kappa shape index (κ2) is 7.50. The zero-order valence-electron chi connectivity index (χ0n) is 11.3. The Hall–Kier alpha value is -0.820. The molecule has 0 aromatic heterocycles. The van der Waals surface area contributed by atoms with Gasteiger partial charge in [-0.3, -0.25) is 0 Å². The molecule has 0 radical (unpaired) electrons. The van der Waals surface area contributed by atoms with E-state index in [-0.39, 0.29) is 5.60 Å². The molecule has 0 aromatic rings. The van der Waals surface area contributed by atoms with Gasteiger partial charge in [-0.1, -0.05) is 56.6 Å². The molecule has 0 saturated heterocycles. The van der Waals surface area contributed by atoms with Gasteiger partial charge < -0.3 is 4.74 Å². The Labute approximate surface area is 106 Å². The predicted molar refractivity (Wildman–Crippen MR) is 75.1 cm³/mol. The molecular formula is C16H26O. The van der Waals surface area contributed by atoms with Crippen LogP contribution >= 0.6 is 0 Å². The van der Waals surface area contributed by atoms with Crippen LogP contribution < -0.4 is 0 Å². The first-order chi connectivity index (χ1) is 8.29. The molecule has 1 heteroatoms. The topological polar surface area (TPSA) is 9.23 Å². The van der Waals surface area contributed by atoms with Crippen molar-refractivity contribution in [3.05, 3.63) is 37.0 Å². The maximum absolute atomic E-state index is 5.71. The van der Waals surface area contributed by atoms with E-state index in [1.807, 2.05) is 6.08 Å². The van der Waals surface area contributed by atoms with E-state index < -0.39 is 0 Å². The van der Waals surface area contributed by atoms with Gasteiger partial charge in [-0.05, 0) is 19.3 Å². The van der Waals surface area contributed by atoms with Crippen molar-refractivity contribution in [3.63, 3.8) is 0 Å². The Morgan fingerprint density at radius 1 is 1.41 bits per heavy atom. The van der Waals surface area contributed by atoms with Crippen molar-refractivity contribution >= 4 is 0 Å². The van der Waals surface area contributed by atoms with Crippen molar-refractivity contribution in [3.8, 4) is 0 Å². The largest absolute Gasteiger partial charge is 0.373 e. The zero-order chi connectivity index (χ0) is 12.6. The lowest BCUT2D eigenvalue weighted by molar-refractivity contribution is 0.0213. The van der Waals surface area contributed by atoms with E-state index in [4.69, 9.17) is 4.74 Å². The molecule has 0 unspecified atom stereocenters. The van der Waals surface area contributed by atoms with Gasteiger partial charge in [-0.25, -0.2) is 0 Å². The summed E-state index contributed by atoms with van der Waals surface area (Å²) in [5, 5.41) is 0. The number of allylic oxidation sites excluding steroid dienone is 1. The Morgan fingerprint density at radius 2 is 2.24 bits per heavy atom. The lowest BCUT2D eigenvalue weighted by Crippen LogP contribution is -2.32. The van der Waals surface area contributed by atoms with Gasteiger partial charge in [0, 0.05) is 13.0 Å². The molecule has 0 fully saturated rings. The van der Waals surface area contributed by atoms with E-state index >= 15 is 0 Å². The minimum Gasteiger partial charge on any atom is -0.373 e. The van der Waals surface area contributed by atoms with Crippen molar-refractivity contribution in [1.29, 1.82) is 0 Å². The van der Waals surface area contributed by atoms with Crippen molar-refractivity contribution in [2.45, 2.75) is 51.0 Å². The van der Waals surface area contributed by atoms with Crippen LogP contribution in [0.3, 0.4) is 0 Å². The van der Waals surface area contributed by atoms with Crippen LogP contribution in [0.1, 0.15) is 45.4 Å². The molecule has 96 valence electrons. The highest BCUT2D eigenvalue weighted by Crippen LogP contribution is 2.35. The second-order valence-electron chi connectivity index (χ2n) is 4.80. The Balaban J connectivity index is 2.41. The van der Waals surface area contributed by atoms with Gasteiger partial charge in [0.1, 0.15) is 0 Å². The first-order valence-electron chi connectivity index (χ1n) is 6.81. The maximum Gasteiger partial charge on any atom is 0.0989 e. The van der Waals surface area contributed by atoms with Crippen molar-refractivity contribution in [1.82, 2.24) is 0 Å². The molecule has 1 aliphatic rings. The van der Waals surface area contributed by atoms with E-state index in [0.29, 0.717) is 5.92 Å². The van der Waals surface area contributed by atoms with Crippen LogP contribution in [0.4, 0.5) is 0 Å². The minimum atomic E-state index is -0.160. The molecule has 1 aliphatic carbocycles. The van der Waals surface area contributed by atoms with Gasteiger partial charge in [0.25, 0.3) is 0 Å². The highest BCUT2D eigenvalue weighted by Gasteiger charge is 2.35. The van der Waals surface area contributed by atoms with Crippen LogP contribution in [0, 0.1) is 5.92 Å². The molecular weight excluding hydrogens is 208 g/mol. The standard InChI is InChI=1S/C16H26O/c1-4-6-7-8-9-10-13-16(17-3)14-11-12-15(16)5-2/h5,10-13,15H,2,4,6-9,14H2,1,3H3/b13-10+/t15-,16-/m0/s1. The van der Waals surface area contributed by atoms with Crippen LogP contribution in [0.2, 0.25) is 0 Å². The molecule has 0 heterocycles. The molecule has 0 saturated carbocycles. The van der Waals surface area contributed by atoms with Gasteiger partial charge in [0.05, 0.1) is 5.60 Å². The summed E-state index contributed by atoms with van der Waals surface area (Å²) in [7, 11) is 1.80. The quantitative estimate of drug-likeness (QED) is 0.438. The van der Waals surface area contributed by atoms with Crippen LogP contribution in [-0.2, 0) is 4.74 Å². The van der Waals surface area contributed by atoms with Crippen molar-refractivity contribution in [2.24, 2.45) is 5.92 Å². The molecule has 0 amide bonds. The van der Waals surface area contributed by atoms with E-state index in [9.17, 15) is 0 Å². The van der Waals surface area contributed by atoms with Gasteiger partial charge in [-0.15, -0.1) is 6.58 Å². The van der Waals surface area contributed by atoms with Gasteiger partial charge in [0.2, 0.25) is 0 Å². The molecule has 1 nitrogen and oxygen atoms in total. The minimum absolute atomic E-state index is 0.160. The molecule has 2 atom stereocenters. The second-order valence-corrected chi connectivity index (χ2v) is 4.80. The summed E-state index contributed by atoms with van der Waals surface area (Å²) < 4.78 is 5.71. The summed E-state index contributed by atoms with van der Waals surface area (Å²) in [4.78, 5) is 0. The summed E-state index contributed by atoms with van der Waals surface area (Å²) >= 11 is 0. The Morgan fingerprint density at radius 3 is 2.88 bits per heavy atom. The zero-order valence-corrected chi connectivity index (χ0v) is 11.3. The monoisotopic (exact) mass is 234 g/mol. The highest BCUT2D eigenvalue weighted by molar-refractivity contribution is 5.23. The lowest BCUT2D eigenvalue weighted by Gasteiger charge is -2.29. The van der Waals surface area contributed by atoms with Gasteiger partial charge in [0.15, 0.2) is 0 Å². The number of hydrogen-bond donors (Lipinski definition) is 0. The summed E-state index contributed by atoms with van der Waals surface area (Å²) in [5.41, 5.74) is -0.160. The summed E-state index contributed by atoms with van der Waals surface area (Å²) in [6.07, 6.45) is 18.3. The average Bonchev–Trinajstić information content (AvgIpc) is 2.77. The van der Waals surface area contributed by atoms with E-state index in [1.54, 1.807) is 7.11 Å². The Bertz CT molecular complexity index is 277. The third-order valence-corrected chi connectivity index (χ3v) is 3.60. The first kappa shape index (κ1) is 14.2. The summed E-state index contributed by atoms with van der Waals surface area (Å²) in [6.45, 7) is 6.13. The fourth-order valence-corrected chi connectivity index (χ4v) is 2.41. The number of unbranched alkanes of at least 4 members (excludes halogenated alkanes) is 4. The molecule has 0 N–H and O–H groups in total. The molecule has 0 aliphatic heterocycles. The number of rotatable bonds is 8. The summed E-state index contributed by atoms with van der Waals surface area (Å²) in [6, 6.07) is 0. The third kappa shape index (κ3) is 3.85. The lowest BCUT2D eigenvalue weighted by atomic mass is 9.89. The van der Waals surface area contributed by atoms with Gasteiger partial charge in [-0.2, -0.15) is 0 Å². The fourth-order valence-electron chi connectivity index (χ4n) is 2.41. The fraction of sp³-hybridized carbons (Fsp3) is 0.625. The maximum atomic E-state index is 5.71. The third-order valence-electron chi connectivity index (χ3n) is 3.60. The molecule has 17 heavy (non-hydrogen) atoms. The van der Waals surface area contributed by atoms with Crippen LogP contribution in [0.15, 0.2) is 37.0 Å². The number of methoxy groups -OCH3 is 1. The average molecular weight is 234 g/mol. The molecule has 0 bridgehead atoms. The summed E-state index contributed by atoms with van der Waals surface area (Å²) in [5.74, 6) is 0.319. The van der Waals surface area contributed by atoms with Crippen molar-refractivity contribution < 1.29 is 4.74 Å².